The van der Waals surface area contributed by atoms with Crippen LogP contribution in [0.4, 0.5) is 17.5 Å². The van der Waals surface area contributed by atoms with Gasteiger partial charge in [0.2, 0.25) is 5.95 Å². The molecule has 0 saturated carbocycles. The second kappa shape index (κ2) is 6.35. The molecule has 1 N–H and O–H groups in total. The third-order valence-corrected chi connectivity index (χ3v) is 3.32. The molecule has 20 heavy (non-hydrogen) atoms. The Hall–Kier alpha value is -2.13. The van der Waals surface area contributed by atoms with E-state index in [0.29, 0.717) is 17.3 Å². The van der Waals surface area contributed by atoms with Gasteiger partial charge in [0, 0.05) is 19.8 Å². The number of aromatic nitrogens is 2. The Kier molecular flexibility index (Phi) is 4.53. The summed E-state index contributed by atoms with van der Waals surface area (Å²) in [5.74, 6) is 1.27. The van der Waals surface area contributed by atoms with Crippen LogP contribution in [-0.2, 0) is 0 Å². The highest BCUT2D eigenvalue weighted by Crippen LogP contribution is 2.31. The summed E-state index contributed by atoms with van der Waals surface area (Å²) in [5.41, 5.74) is 1.40. The molecule has 0 amide bonds. The van der Waals surface area contributed by atoms with Crippen LogP contribution >= 0.6 is 15.9 Å². The van der Waals surface area contributed by atoms with Gasteiger partial charge in [0.15, 0.2) is 5.82 Å². The van der Waals surface area contributed by atoms with Crippen molar-refractivity contribution >= 4 is 33.4 Å². The summed E-state index contributed by atoms with van der Waals surface area (Å²) in [5, 5.41) is 12.3. The van der Waals surface area contributed by atoms with Crippen molar-refractivity contribution in [3.8, 4) is 6.07 Å². The molecule has 0 bridgehead atoms. The lowest BCUT2D eigenvalue weighted by Gasteiger charge is -2.21. The number of hydrogen-bond donors (Lipinski definition) is 1. The highest BCUT2D eigenvalue weighted by atomic mass is 79.9. The lowest BCUT2D eigenvalue weighted by molar-refractivity contribution is 1.04. The van der Waals surface area contributed by atoms with Crippen molar-refractivity contribution in [2.45, 2.75) is 6.92 Å². The van der Waals surface area contributed by atoms with Gasteiger partial charge in [0.25, 0.3) is 0 Å². The van der Waals surface area contributed by atoms with E-state index < -0.39 is 0 Å². The van der Waals surface area contributed by atoms with Gasteiger partial charge in [0.1, 0.15) is 6.07 Å². The second-order valence-electron chi connectivity index (χ2n) is 4.08. The summed E-state index contributed by atoms with van der Waals surface area (Å²) in [6, 6.07) is 9.60. The molecule has 0 radical (unpaired) electrons. The van der Waals surface area contributed by atoms with Gasteiger partial charge >= 0.3 is 0 Å². The Bertz CT molecular complexity index is 650. The molecule has 0 aliphatic carbocycles. The van der Waals surface area contributed by atoms with E-state index in [-0.39, 0.29) is 0 Å². The molecular weight excluding hydrogens is 318 g/mol. The molecule has 0 fully saturated rings. The average Bonchev–Trinajstić information content (AvgIpc) is 2.48. The zero-order valence-corrected chi connectivity index (χ0v) is 12.8. The molecule has 5 nitrogen and oxygen atoms in total. The van der Waals surface area contributed by atoms with E-state index in [4.69, 9.17) is 0 Å². The maximum absolute atomic E-state index is 9.19. The third-order valence-electron chi connectivity index (χ3n) is 2.76. The average molecular weight is 332 g/mol. The minimum Gasteiger partial charge on any atom is -0.354 e. The number of anilines is 3. The fourth-order valence-corrected chi connectivity index (χ4v) is 2.27. The van der Waals surface area contributed by atoms with Gasteiger partial charge in [-0.3, -0.25) is 0 Å². The van der Waals surface area contributed by atoms with Gasteiger partial charge in [-0.15, -0.1) is 0 Å². The Balaban J connectivity index is 2.45. The monoisotopic (exact) mass is 331 g/mol. The number of rotatable bonds is 4. The van der Waals surface area contributed by atoms with E-state index in [2.05, 4.69) is 37.3 Å². The van der Waals surface area contributed by atoms with Gasteiger partial charge < -0.3 is 10.2 Å². The first-order valence-corrected chi connectivity index (χ1v) is 6.96. The van der Waals surface area contributed by atoms with E-state index >= 15 is 0 Å². The number of nitrogens with one attached hydrogen (secondary N) is 1. The molecule has 6 heteroatoms. The van der Waals surface area contributed by atoms with E-state index in [0.717, 1.165) is 16.7 Å². The number of nitrogens with zero attached hydrogens (tertiary/aromatic N) is 4. The number of halogens is 1. The quantitative estimate of drug-likeness (QED) is 0.930. The van der Waals surface area contributed by atoms with Gasteiger partial charge in [0.05, 0.1) is 15.7 Å². The van der Waals surface area contributed by atoms with Gasteiger partial charge in [-0.1, -0.05) is 12.1 Å². The van der Waals surface area contributed by atoms with E-state index in [1.807, 2.05) is 37.1 Å². The predicted molar refractivity (Wildman–Crippen MR) is 83.1 cm³/mol. The molecule has 2 aromatic rings. The third kappa shape index (κ3) is 2.89. The molecule has 0 aliphatic rings. The predicted octanol–water partition coefficient (Wildman–Crippen LogP) is 3.31. The van der Waals surface area contributed by atoms with Crippen molar-refractivity contribution in [3.05, 3.63) is 40.5 Å². The highest BCUT2D eigenvalue weighted by molar-refractivity contribution is 9.10. The largest absolute Gasteiger partial charge is 0.354 e. The minimum absolute atomic E-state index is 0.562. The van der Waals surface area contributed by atoms with Crippen LogP contribution in [0, 0.1) is 11.3 Å². The molecule has 102 valence electrons. The molecule has 0 aliphatic heterocycles. The van der Waals surface area contributed by atoms with Crippen LogP contribution in [0.3, 0.4) is 0 Å². The Morgan fingerprint density at radius 1 is 1.40 bits per heavy atom. The summed E-state index contributed by atoms with van der Waals surface area (Å²) < 4.78 is 0.773. The Labute approximate surface area is 126 Å². The smallest absolute Gasteiger partial charge is 0.224 e. The standard InChI is InChI=1S/C14H14BrN5/c1-3-17-14-18-9-11(15)13(19-14)20(2)12-7-5-4-6-10(12)8-16/h4-7,9H,3H2,1-2H3,(H,17,18,19). The number of hydrogen-bond acceptors (Lipinski definition) is 5. The molecule has 0 atom stereocenters. The number of benzene rings is 1. The Morgan fingerprint density at radius 3 is 2.85 bits per heavy atom. The summed E-state index contributed by atoms with van der Waals surface area (Å²) in [6.45, 7) is 2.74. The van der Waals surface area contributed by atoms with Crippen LogP contribution in [-0.4, -0.2) is 23.6 Å². The highest BCUT2D eigenvalue weighted by Gasteiger charge is 2.14. The van der Waals surface area contributed by atoms with Gasteiger partial charge in [-0.25, -0.2) is 4.98 Å². The van der Waals surface area contributed by atoms with Crippen LogP contribution in [0.25, 0.3) is 0 Å². The van der Waals surface area contributed by atoms with Crippen molar-refractivity contribution in [1.82, 2.24) is 9.97 Å². The molecule has 1 aromatic heterocycles. The van der Waals surface area contributed by atoms with Gasteiger partial charge in [-0.2, -0.15) is 10.2 Å². The lowest BCUT2D eigenvalue weighted by Crippen LogP contribution is -2.15. The molecule has 2 rings (SSSR count). The number of nitriles is 1. The van der Waals surface area contributed by atoms with Gasteiger partial charge in [-0.05, 0) is 35.0 Å². The normalized spacial score (nSPS) is 9.90. The second-order valence-corrected chi connectivity index (χ2v) is 4.94. The van der Waals surface area contributed by atoms with E-state index in [1.54, 1.807) is 12.3 Å². The molecule has 1 heterocycles. The van der Waals surface area contributed by atoms with Crippen LogP contribution in [0.15, 0.2) is 34.9 Å². The lowest BCUT2D eigenvalue weighted by atomic mass is 10.2. The van der Waals surface area contributed by atoms with Crippen LogP contribution < -0.4 is 10.2 Å². The maximum Gasteiger partial charge on any atom is 0.224 e. The zero-order chi connectivity index (χ0) is 14.5. The summed E-state index contributed by atoms with van der Waals surface area (Å²) >= 11 is 3.45. The molecule has 0 unspecified atom stereocenters. The first-order chi connectivity index (χ1) is 9.67. The van der Waals surface area contributed by atoms with Crippen molar-refractivity contribution in [2.75, 3.05) is 23.8 Å². The SMILES string of the molecule is CCNc1ncc(Br)c(N(C)c2ccccc2C#N)n1. The zero-order valence-electron chi connectivity index (χ0n) is 11.3. The minimum atomic E-state index is 0.562. The van der Waals surface area contributed by atoms with Crippen molar-refractivity contribution in [1.29, 1.82) is 5.26 Å². The van der Waals surface area contributed by atoms with Crippen molar-refractivity contribution in [3.63, 3.8) is 0 Å². The molecule has 1 aromatic carbocycles. The van der Waals surface area contributed by atoms with Crippen LogP contribution in [0.5, 0.6) is 0 Å². The van der Waals surface area contributed by atoms with E-state index in [1.165, 1.54) is 0 Å². The van der Waals surface area contributed by atoms with Crippen LogP contribution in [0.2, 0.25) is 0 Å². The summed E-state index contributed by atoms with van der Waals surface area (Å²) in [6.07, 6.45) is 1.70. The Morgan fingerprint density at radius 2 is 2.15 bits per heavy atom. The summed E-state index contributed by atoms with van der Waals surface area (Å²) in [4.78, 5) is 10.5. The summed E-state index contributed by atoms with van der Waals surface area (Å²) in [7, 11) is 1.87. The molecule has 0 saturated heterocycles. The fraction of sp³-hybridized carbons (Fsp3) is 0.214. The first-order valence-electron chi connectivity index (χ1n) is 6.16. The van der Waals surface area contributed by atoms with Crippen LogP contribution in [0.1, 0.15) is 12.5 Å². The fourth-order valence-electron chi connectivity index (χ4n) is 1.81. The topological polar surface area (TPSA) is 64.8 Å². The van der Waals surface area contributed by atoms with E-state index in [9.17, 15) is 5.26 Å². The van der Waals surface area contributed by atoms with Crippen molar-refractivity contribution in [2.24, 2.45) is 0 Å². The number of para-hydroxylation sites is 1. The van der Waals surface area contributed by atoms with Crippen molar-refractivity contribution < 1.29 is 0 Å². The molecule has 0 spiro atoms. The maximum atomic E-state index is 9.19. The molecular formula is C14H14BrN5. The first kappa shape index (κ1) is 14.3.